The van der Waals surface area contributed by atoms with E-state index in [1.165, 1.54) is 56.9 Å². The van der Waals surface area contributed by atoms with E-state index in [0.717, 1.165) is 60.7 Å². The van der Waals surface area contributed by atoms with Crippen LogP contribution in [-0.2, 0) is 9.47 Å². The topological polar surface area (TPSA) is 99.4 Å². The third-order valence-corrected chi connectivity index (χ3v) is 13.5. The first-order valence-electron chi connectivity index (χ1n) is 17.1. The minimum atomic E-state index is -1.40. The molecule has 6 heteroatoms. The van der Waals surface area contributed by atoms with Crippen LogP contribution in [0, 0.1) is 52.3 Å². The van der Waals surface area contributed by atoms with E-state index >= 15 is 0 Å². The van der Waals surface area contributed by atoms with E-state index in [1.54, 1.807) is 0 Å². The van der Waals surface area contributed by atoms with Crippen LogP contribution in [0.2, 0.25) is 0 Å². The minimum Gasteiger partial charge on any atom is -0.394 e. The molecular formula is C35H60O6. The van der Waals surface area contributed by atoms with Crippen molar-refractivity contribution in [2.75, 3.05) is 6.61 Å². The Morgan fingerprint density at radius 2 is 1.71 bits per heavy atom. The summed E-state index contributed by atoms with van der Waals surface area (Å²) in [6.45, 7) is 14.5. The summed E-state index contributed by atoms with van der Waals surface area (Å²) in [5.41, 5.74) is 2.19. The summed E-state index contributed by atoms with van der Waals surface area (Å²) in [5, 5.41) is 40.4. The lowest BCUT2D eigenvalue weighted by atomic mass is 9.47. The number of aliphatic hydroxyl groups excluding tert-OH is 4. The minimum absolute atomic E-state index is 0.101. The summed E-state index contributed by atoms with van der Waals surface area (Å²) in [6, 6.07) is 0. The van der Waals surface area contributed by atoms with Gasteiger partial charge in [0.25, 0.3) is 0 Å². The molecule has 6 nitrogen and oxygen atoms in total. The number of hydrogen-bond donors (Lipinski definition) is 4. The van der Waals surface area contributed by atoms with Crippen LogP contribution in [0.5, 0.6) is 0 Å². The highest BCUT2D eigenvalue weighted by Gasteiger charge is 2.59. The molecule has 0 unspecified atom stereocenters. The van der Waals surface area contributed by atoms with E-state index < -0.39 is 37.3 Å². The van der Waals surface area contributed by atoms with Gasteiger partial charge >= 0.3 is 0 Å². The molecule has 14 atom stereocenters. The van der Waals surface area contributed by atoms with E-state index in [0.29, 0.717) is 5.41 Å². The number of hydrogen-bond acceptors (Lipinski definition) is 6. The van der Waals surface area contributed by atoms with E-state index in [1.807, 2.05) is 0 Å². The molecule has 236 valence electrons. The van der Waals surface area contributed by atoms with Crippen molar-refractivity contribution in [3.63, 3.8) is 0 Å². The summed E-state index contributed by atoms with van der Waals surface area (Å²) < 4.78 is 11.9. The highest BCUT2D eigenvalue weighted by Crippen LogP contribution is 2.67. The number of allylic oxidation sites excluding steroid dienone is 1. The fourth-order valence-electron chi connectivity index (χ4n) is 10.8. The first kappa shape index (κ1) is 31.9. The Hall–Kier alpha value is -0.500. The Morgan fingerprint density at radius 3 is 2.39 bits per heavy atom. The zero-order valence-electron chi connectivity index (χ0n) is 26.7. The molecule has 0 radical (unpaired) electrons. The second kappa shape index (κ2) is 12.5. The predicted octanol–water partition coefficient (Wildman–Crippen LogP) is 5.85. The van der Waals surface area contributed by atoms with Gasteiger partial charge in [0.1, 0.15) is 24.4 Å². The summed E-state index contributed by atoms with van der Waals surface area (Å²) in [7, 11) is 0. The Kier molecular flexibility index (Phi) is 9.71. The van der Waals surface area contributed by atoms with Gasteiger partial charge in [0.05, 0.1) is 12.7 Å². The molecule has 4 N–H and O–H groups in total. The second-order valence-corrected chi connectivity index (χ2v) is 15.7. The van der Waals surface area contributed by atoms with Crippen molar-refractivity contribution < 1.29 is 29.9 Å². The molecular weight excluding hydrogens is 516 g/mol. The van der Waals surface area contributed by atoms with Crippen LogP contribution in [0.25, 0.3) is 0 Å². The van der Waals surface area contributed by atoms with Gasteiger partial charge in [-0.1, -0.05) is 66.0 Å². The number of fused-ring (bicyclic) bond motifs is 5. The Bertz CT molecular complexity index is 918. The molecule has 0 bridgehead atoms. The molecule has 0 spiro atoms. The average molecular weight is 577 g/mol. The molecule has 3 saturated carbocycles. The van der Waals surface area contributed by atoms with Gasteiger partial charge < -0.3 is 29.9 Å². The van der Waals surface area contributed by atoms with Crippen molar-refractivity contribution in [3.8, 4) is 0 Å². The van der Waals surface area contributed by atoms with Gasteiger partial charge in [-0.05, 0) is 110 Å². The van der Waals surface area contributed by atoms with Crippen LogP contribution < -0.4 is 0 Å². The molecule has 4 fully saturated rings. The first-order valence-corrected chi connectivity index (χ1v) is 17.1. The molecule has 5 rings (SSSR count). The van der Waals surface area contributed by atoms with Crippen LogP contribution in [0.4, 0.5) is 0 Å². The molecule has 1 heterocycles. The molecule has 0 amide bonds. The van der Waals surface area contributed by atoms with Crippen LogP contribution in [0.15, 0.2) is 11.6 Å². The van der Waals surface area contributed by atoms with Crippen LogP contribution >= 0.6 is 0 Å². The maximum atomic E-state index is 10.5. The largest absolute Gasteiger partial charge is 0.394 e. The summed E-state index contributed by atoms with van der Waals surface area (Å²) >= 11 is 0. The summed E-state index contributed by atoms with van der Waals surface area (Å²) in [4.78, 5) is 0. The first-order chi connectivity index (χ1) is 19.4. The van der Waals surface area contributed by atoms with E-state index in [9.17, 15) is 20.4 Å². The fourth-order valence-corrected chi connectivity index (χ4v) is 10.8. The third-order valence-electron chi connectivity index (χ3n) is 13.5. The molecule has 0 aromatic rings. The van der Waals surface area contributed by atoms with Crippen molar-refractivity contribution in [2.45, 2.75) is 149 Å². The lowest BCUT2D eigenvalue weighted by molar-refractivity contribution is -0.313. The van der Waals surface area contributed by atoms with Crippen molar-refractivity contribution in [1.29, 1.82) is 0 Å². The van der Waals surface area contributed by atoms with Crippen molar-refractivity contribution in [1.82, 2.24) is 0 Å². The fraction of sp³-hybridized carbons (Fsp3) is 0.943. The molecule has 5 aliphatic rings. The van der Waals surface area contributed by atoms with Crippen molar-refractivity contribution in [3.05, 3.63) is 11.6 Å². The van der Waals surface area contributed by atoms with Gasteiger partial charge in [0.2, 0.25) is 0 Å². The van der Waals surface area contributed by atoms with E-state index in [2.05, 4.69) is 47.6 Å². The van der Waals surface area contributed by atoms with Gasteiger partial charge in [-0.15, -0.1) is 0 Å². The smallest absolute Gasteiger partial charge is 0.186 e. The quantitative estimate of drug-likeness (QED) is 0.257. The Balaban J connectivity index is 1.24. The second-order valence-electron chi connectivity index (χ2n) is 15.7. The van der Waals surface area contributed by atoms with E-state index in [4.69, 9.17) is 9.47 Å². The standard InChI is InChI=1S/C35H60O6/c1-7-22(20(2)3)9-8-21(4)26-12-13-27-25-11-10-23-18-24(14-16-34(23,5)28(25)15-17-35(26,27)6)40-33-32(39)31(38)30(37)29(19-36)41-33/h10,20-22,24-33,36-39H,7-9,11-19H2,1-6H3/t21-,22+,24+,25-,26+,27-,28+,29-,30+,31+,32+,33+,34+,35+/m1/s1. The molecule has 1 aliphatic heterocycles. The zero-order valence-corrected chi connectivity index (χ0v) is 26.7. The lowest BCUT2D eigenvalue weighted by Gasteiger charge is -2.58. The van der Waals surface area contributed by atoms with Crippen LogP contribution in [-0.4, -0.2) is 63.8 Å². The van der Waals surface area contributed by atoms with E-state index in [-0.39, 0.29) is 11.5 Å². The monoisotopic (exact) mass is 576 g/mol. The SMILES string of the molecule is CC[C@@H](CC[C@@H](C)[C@@H]1CC[C@@H]2[C@H]3CC=C4C[C@@H](O[C@H]5O[C@H](CO)[C@H](O)[C@H](O)[C@@H]5O)CC[C@]4(C)[C@H]3CC[C@]21C)C(C)C. The predicted molar refractivity (Wildman–Crippen MR) is 161 cm³/mol. The van der Waals surface area contributed by atoms with Gasteiger partial charge in [-0.2, -0.15) is 0 Å². The van der Waals surface area contributed by atoms with Crippen molar-refractivity contribution in [2.24, 2.45) is 52.3 Å². The van der Waals surface area contributed by atoms with Crippen LogP contribution in [0.3, 0.4) is 0 Å². The molecule has 0 aromatic heterocycles. The van der Waals surface area contributed by atoms with Gasteiger partial charge in [-0.25, -0.2) is 0 Å². The molecule has 41 heavy (non-hydrogen) atoms. The molecule has 0 aromatic carbocycles. The lowest BCUT2D eigenvalue weighted by Crippen LogP contribution is -2.60. The normalized spacial score (nSPS) is 47.7. The highest BCUT2D eigenvalue weighted by molar-refractivity contribution is 5.25. The Morgan fingerprint density at radius 1 is 0.951 bits per heavy atom. The highest BCUT2D eigenvalue weighted by atomic mass is 16.7. The third kappa shape index (κ3) is 5.73. The zero-order chi connectivity index (χ0) is 29.7. The molecule has 1 saturated heterocycles. The van der Waals surface area contributed by atoms with Gasteiger partial charge in [0, 0.05) is 0 Å². The average Bonchev–Trinajstić information content (AvgIpc) is 3.30. The maximum absolute atomic E-state index is 10.5. The summed E-state index contributed by atoms with van der Waals surface area (Å²) in [6.07, 6.45) is 9.92. The summed E-state index contributed by atoms with van der Waals surface area (Å²) in [5.74, 6) is 5.66. The van der Waals surface area contributed by atoms with Gasteiger partial charge in [0.15, 0.2) is 6.29 Å². The Labute approximate surface area is 249 Å². The van der Waals surface area contributed by atoms with Crippen molar-refractivity contribution >= 4 is 0 Å². The molecule has 4 aliphatic carbocycles. The van der Waals surface area contributed by atoms with Gasteiger partial charge in [-0.3, -0.25) is 0 Å². The number of ether oxygens (including phenoxy) is 2. The van der Waals surface area contributed by atoms with Crippen LogP contribution in [0.1, 0.15) is 112 Å². The maximum Gasteiger partial charge on any atom is 0.186 e. The number of rotatable bonds is 9. The number of aliphatic hydroxyl groups is 4.